The van der Waals surface area contributed by atoms with E-state index in [-0.39, 0.29) is 11.8 Å². The average molecular weight is 294 g/mol. The molecule has 1 aromatic heterocycles. The van der Waals surface area contributed by atoms with Crippen LogP contribution in [0.5, 0.6) is 0 Å². The predicted octanol–water partition coefficient (Wildman–Crippen LogP) is 1.28. The highest BCUT2D eigenvalue weighted by molar-refractivity contribution is 5.82. The Morgan fingerprint density at radius 1 is 1.52 bits per heavy atom. The molecular weight excluding hydrogens is 272 g/mol. The number of imidazole rings is 1. The fourth-order valence-electron chi connectivity index (χ4n) is 2.63. The fraction of sp³-hybridized carbons (Fsp3) is 0.643. The lowest BCUT2D eigenvalue weighted by atomic mass is 9.67. The van der Waals surface area contributed by atoms with Gasteiger partial charge in [0.2, 0.25) is 0 Å². The molecule has 2 amide bonds. The molecule has 0 bridgehead atoms. The summed E-state index contributed by atoms with van der Waals surface area (Å²) in [5, 5.41) is 14.5. The van der Waals surface area contributed by atoms with Crippen LogP contribution in [0.1, 0.15) is 38.3 Å². The maximum atomic E-state index is 11.9. The van der Waals surface area contributed by atoms with Gasteiger partial charge in [-0.05, 0) is 24.7 Å². The largest absolute Gasteiger partial charge is 0.480 e. The van der Waals surface area contributed by atoms with E-state index in [4.69, 9.17) is 0 Å². The zero-order chi connectivity index (χ0) is 15.3. The summed E-state index contributed by atoms with van der Waals surface area (Å²) in [6.07, 6.45) is 7.70. The molecule has 0 radical (unpaired) electrons. The van der Waals surface area contributed by atoms with Gasteiger partial charge in [0.25, 0.3) is 0 Å². The first-order valence-electron chi connectivity index (χ1n) is 7.29. The first-order chi connectivity index (χ1) is 10.0. The van der Waals surface area contributed by atoms with E-state index >= 15 is 0 Å². The van der Waals surface area contributed by atoms with Gasteiger partial charge in [-0.1, -0.05) is 13.3 Å². The number of hydrogen-bond acceptors (Lipinski definition) is 3. The van der Waals surface area contributed by atoms with Gasteiger partial charge in [0.05, 0.1) is 6.33 Å². The Kier molecular flexibility index (Phi) is 4.82. The Labute approximate surface area is 123 Å². The Bertz CT molecular complexity index is 477. The first-order valence-corrected chi connectivity index (χ1v) is 7.29. The summed E-state index contributed by atoms with van der Waals surface area (Å²) in [6.45, 7) is 2.72. The third-order valence-electron chi connectivity index (χ3n) is 4.37. The molecule has 1 saturated carbocycles. The number of H-pyrrole nitrogens is 1. The number of nitrogens with zero attached hydrogens (tertiary/aromatic N) is 1. The van der Waals surface area contributed by atoms with E-state index in [1.165, 1.54) is 12.7 Å². The van der Waals surface area contributed by atoms with E-state index in [2.05, 4.69) is 27.5 Å². The van der Waals surface area contributed by atoms with Crippen LogP contribution in [0, 0.1) is 5.41 Å². The van der Waals surface area contributed by atoms with Gasteiger partial charge < -0.3 is 20.7 Å². The highest BCUT2D eigenvalue weighted by Crippen LogP contribution is 2.42. The van der Waals surface area contributed by atoms with Crippen molar-refractivity contribution in [2.75, 3.05) is 6.54 Å². The minimum Gasteiger partial charge on any atom is -0.480 e. The van der Waals surface area contributed by atoms with Crippen molar-refractivity contribution in [1.29, 1.82) is 0 Å². The number of nitrogens with one attached hydrogen (secondary N) is 3. The van der Waals surface area contributed by atoms with Crippen LogP contribution in [-0.4, -0.2) is 39.7 Å². The molecule has 1 heterocycles. The lowest BCUT2D eigenvalue weighted by Gasteiger charge is -2.41. The molecule has 1 aliphatic carbocycles. The van der Waals surface area contributed by atoms with Gasteiger partial charge in [0, 0.05) is 24.9 Å². The highest BCUT2D eigenvalue weighted by atomic mass is 16.4. The minimum absolute atomic E-state index is 0.182. The van der Waals surface area contributed by atoms with E-state index < -0.39 is 18.0 Å². The van der Waals surface area contributed by atoms with Gasteiger partial charge in [-0.2, -0.15) is 0 Å². The van der Waals surface area contributed by atoms with E-state index in [9.17, 15) is 14.7 Å². The van der Waals surface area contributed by atoms with Gasteiger partial charge in [-0.15, -0.1) is 0 Å². The number of hydrogen-bond donors (Lipinski definition) is 4. The van der Waals surface area contributed by atoms with Crippen LogP contribution in [0.25, 0.3) is 0 Å². The summed E-state index contributed by atoms with van der Waals surface area (Å²) < 4.78 is 0. The molecule has 0 unspecified atom stereocenters. The predicted molar refractivity (Wildman–Crippen MR) is 76.8 cm³/mol. The van der Waals surface area contributed by atoms with Crippen molar-refractivity contribution in [2.45, 2.75) is 45.1 Å². The third kappa shape index (κ3) is 3.96. The quantitative estimate of drug-likeness (QED) is 0.607. The number of amides is 2. The van der Waals surface area contributed by atoms with Crippen LogP contribution in [0.2, 0.25) is 0 Å². The van der Waals surface area contributed by atoms with Crippen molar-refractivity contribution in [2.24, 2.45) is 5.41 Å². The monoisotopic (exact) mass is 294 g/mol. The van der Waals surface area contributed by atoms with Crippen LogP contribution in [0.15, 0.2) is 12.5 Å². The highest BCUT2D eigenvalue weighted by Gasteiger charge is 2.35. The van der Waals surface area contributed by atoms with Gasteiger partial charge in [-0.3, -0.25) is 0 Å². The van der Waals surface area contributed by atoms with Crippen molar-refractivity contribution < 1.29 is 14.7 Å². The number of aromatic nitrogens is 2. The molecule has 1 atom stereocenters. The number of carboxylic acid groups (broad SMARTS) is 1. The second-order valence-corrected chi connectivity index (χ2v) is 5.71. The number of aliphatic carboxylic acids is 1. The summed E-state index contributed by atoms with van der Waals surface area (Å²) >= 11 is 0. The Morgan fingerprint density at radius 2 is 2.29 bits per heavy atom. The maximum absolute atomic E-state index is 11.9. The molecule has 1 aromatic rings. The number of carbonyl (C=O) groups excluding carboxylic acids is 1. The molecule has 7 nitrogen and oxygen atoms in total. The minimum atomic E-state index is -1.06. The van der Waals surface area contributed by atoms with Crippen LogP contribution >= 0.6 is 0 Å². The molecule has 0 aromatic carbocycles. The number of urea groups is 1. The second kappa shape index (κ2) is 6.60. The molecule has 1 aliphatic rings. The van der Waals surface area contributed by atoms with Crippen molar-refractivity contribution in [3.63, 3.8) is 0 Å². The van der Waals surface area contributed by atoms with Gasteiger partial charge >= 0.3 is 12.0 Å². The van der Waals surface area contributed by atoms with E-state index in [1.54, 1.807) is 6.20 Å². The van der Waals surface area contributed by atoms with Crippen LogP contribution in [-0.2, 0) is 11.2 Å². The van der Waals surface area contributed by atoms with Crippen LogP contribution < -0.4 is 10.6 Å². The Morgan fingerprint density at radius 3 is 2.76 bits per heavy atom. The molecule has 0 aliphatic heterocycles. The molecule has 0 spiro atoms. The topological polar surface area (TPSA) is 107 Å². The number of carbonyl (C=O) groups is 2. The smallest absolute Gasteiger partial charge is 0.326 e. The molecule has 7 heteroatoms. The third-order valence-corrected chi connectivity index (χ3v) is 4.37. The molecule has 2 rings (SSSR count). The summed E-state index contributed by atoms with van der Waals surface area (Å²) in [4.78, 5) is 29.8. The van der Waals surface area contributed by atoms with E-state index in [1.807, 2.05) is 0 Å². The lowest BCUT2D eigenvalue weighted by Crippen LogP contribution is -2.50. The standard InChI is InChI=1S/C14H22N4O3/c1-2-14(4-3-5-14)8-16-13(21)18-11(12(19)20)6-10-7-15-9-17-10/h7,9,11H,2-6,8H2,1H3,(H,15,17)(H,19,20)(H2,16,18,21)/t11-/m1/s1. The molecule has 0 saturated heterocycles. The molecule has 4 N–H and O–H groups in total. The zero-order valence-electron chi connectivity index (χ0n) is 12.2. The SMILES string of the molecule is CCC1(CNC(=O)N[C@H](Cc2cnc[nH]2)C(=O)O)CCC1. The number of aromatic amines is 1. The Balaban J connectivity index is 1.82. The number of carboxylic acids is 1. The zero-order valence-corrected chi connectivity index (χ0v) is 12.2. The van der Waals surface area contributed by atoms with Crippen molar-refractivity contribution >= 4 is 12.0 Å². The summed E-state index contributed by atoms with van der Waals surface area (Å²) in [7, 11) is 0. The molecule has 1 fully saturated rings. The Hall–Kier alpha value is -2.05. The van der Waals surface area contributed by atoms with Crippen LogP contribution in [0.4, 0.5) is 4.79 Å². The van der Waals surface area contributed by atoms with Crippen molar-refractivity contribution in [3.05, 3.63) is 18.2 Å². The number of rotatable bonds is 7. The van der Waals surface area contributed by atoms with Crippen LogP contribution in [0.3, 0.4) is 0 Å². The van der Waals surface area contributed by atoms with E-state index in [0.29, 0.717) is 12.2 Å². The van der Waals surface area contributed by atoms with E-state index in [0.717, 1.165) is 19.3 Å². The van der Waals surface area contributed by atoms with Crippen molar-refractivity contribution in [1.82, 2.24) is 20.6 Å². The van der Waals surface area contributed by atoms with Crippen molar-refractivity contribution in [3.8, 4) is 0 Å². The summed E-state index contributed by atoms with van der Waals surface area (Å²) in [5.41, 5.74) is 0.881. The first kappa shape index (κ1) is 15.3. The summed E-state index contributed by atoms with van der Waals surface area (Å²) in [6, 6.07) is -1.40. The van der Waals surface area contributed by atoms with Gasteiger partial charge in [0.1, 0.15) is 6.04 Å². The average Bonchev–Trinajstić information content (AvgIpc) is 2.90. The molecule has 116 valence electrons. The lowest BCUT2D eigenvalue weighted by molar-refractivity contribution is -0.139. The second-order valence-electron chi connectivity index (χ2n) is 5.71. The fourth-order valence-corrected chi connectivity index (χ4v) is 2.63. The summed E-state index contributed by atoms with van der Waals surface area (Å²) in [5.74, 6) is -1.06. The maximum Gasteiger partial charge on any atom is 0.326 e. The molecule has 21 heavy (non-hydrogen) atoms. The van der Waals surface area contributed by atoms with Gasteiger partial charge in [0.15, 0.2) is 0 Å². The normalized spacial score (nSPS) is 17.6. The molecular formula is C14H22N4O3. The van der Waals surface area contributed by atoms with Gasteiger partial charge in [-0.25, -0.2) is 14.6 Å².